The number of fused-ring (bicyclic) bond motifs is 5. The first-order valence-corrected chi connectivity index (χ1v) is 7.63. The van der Waals surface area contributed by atoms with Crippen LogP contribution < -0.4 is 4.74 Å². The van der Waals surface area contributed by atoms with Crippen LogP contribution in [0.15, 0.2) is 42.5 Å². The van der Waals surface area contributed by atoms with Crippen molar-refractivity contribution in [3.8, 4) is 5.75 Å². The average Bonchev–Trinajstić information content (AvgIpc) is 2.83. The van der Waals surface area contributed by atoms with Crippen LogP contribution in [0.3, 0.4) is 0 Å². The molecular weight excluding hydrogens is 292 g/mol. The van der Waals surface area contributed by atoms with Gasteiger partial charge in [-0.1, -0.05) is 63.2 Å². The molecular formula is C19H18O4. The lowest BCUT2D eigenvalue weighted by atomic mass is 9.81. The smallest absolute Gasteiger partial charge is 0.276 e. The van der Waals surface area contributed by atoms with Crippen LogP contribution in [-0.4, -0.2) is 16.0 Å². The van der Waals surface area contributed by atoms with E-state index in [1.54, 1.807) is 36.4 Å². The molecule has 0 bridgehead atoms. The molecule has 1 heterocycles. The highest BCUT2D eigenvalue weighted by Gasteiger charge is 2.70. The summed E-state index contributed by atoms with van der Waals surface area (Å²) < 4.78 is 5.86. The lowest BCUT2D eigenvalue weighted by Gasteiger charge is -2.28. The fourth-order valence-electron chi connectivity index (χ4n) is 3.62. The second-order valence-corrected chi connectivity index (χ2v) is 7.26. The van der Waals surface area contributed by atoms with Gasteiger partial charge in [-0.05, 0) is 5.41 Å². The second-order valence-electron chi connectivity index (χ2n) is 7.26. The fourth-order valence-corrected chi connectivity index (χ4v) is 3.62. The van der Waals surface area contributed by atoms with E-state index in [9.17, 15) is 15.0 Å². The van der Waals surface area contributed by atoms with Crippen LogP contribution in [0.1, 0.15) is 47.8 Å². The predicted octanol–water partition coefficient (Wildman–Crippen LogP) is 2.61. The summed E-state index contributed by atoms with van der Waals surface area (Å²) in [5, 5.41) is 22.3. The summed E-state index contributed by atoms with van der Waals surface area (Å²) in [5.41, 5.74) is -0.579. The van der Waals surface area contributed by atoms with Gasteiger partial charge in [0.05, 0.1) is 0 Å². The normalized spacial score (nSPS) is 28.1. The predicted molar refractivity (Wildman–Crippen MR) is 84.3 cm³/mol. The van der Waals surface area contributed by atoms with Gasteiger partial charge in [-0.25, -0.2) is 0 Å². The maximum absolute atomic E-state index is 12.8. The minimum absolute atomic E-state index is 0.251. The summed E-state index contributed by atoms with van der Waals surface area (Å²) in [4.78, 5) is 12.8. The van der Waals surface area contributed by atoms with Gasteiger partial charge in [0.25, 0.3) is 5.79 Å². The van der Waals surface area contributed by atoms with Crippen LogP contribution in [0, 0.1) is 0 Å². The molecule has 0 saturated carbocycles. The van der Waals surface area contributed by atoms with Crippen molar-refractivity contribution in [1.29, 1.82) is 0 Å². The first kappa shape index (κ1) is 14.4. The van der Waals surface area contributed by atoms with Crippen LogP contribution >= 0.6 is 0 Å². The molecule has 2 atom stereocenters. The molecule has 0 radical (unpaired) electrons. The Balaban J connectivity index is 2.03. The highest BCUT2D eigenvalue weighted by Crippen LogP contribution is 2.59. The minimum Gasteiger partial charge on any atom is -0.453 e. The average molecular weight is 310 g/mol. The quantitative estimate of drug-likeness (QED) is 0.785. The second kappa shape index (κ2) is 4.02. The van der Waals surface area contributed by atoms with Crippen molar-refractivity contribution in [3.63, 3.8) is 0 Å². The number of ketones is 1. The van der Waals surface area contributed by atoms with Crippen molar-refractivity contribution in [2.75, 3.05) is 0 Å². The third-order valence-corrected chi connectivity index (χ3v) is 4.82. The molecule has 1 aliphatic carbocycles. The van der Waals surface area contributed by atoms with E-state index < -0.39 is 17.2 Å². The van der Waals surface area contributed by atoms with Gasteiger partial charge < -0.3 is 14.9 Å². The van der Waals surface area contributed by atoms with Crippen LogP contribution in [-0.2, 0) is 16.8 Å². The summed E-state index contributed by atoms with van der Waals surface area (Å²) in [5.74, 6) is -2.21. The molecule has 2 aliphatic rings. The van der Waals surface area contributed by atoms with E-state index in [0.717, 1.165) is 5.56 Å². The van der Waals surface area contributed by atoms with Crippen molar-refractivity contribution < 1.29 is 19.7 Å². The Kier molecular flexibility index (Phi) is 2.52. The molecule has 4 nitrogen and oxygen atoms in total. The number of Topliss-reactive ketones (excluding diaryl/α,β-unsaturated/α-hetero) is 1. The SMILES string of the molecule is CC(C)(C)c1cccc2c1OC1(O)c3ccccc3C(=O)C21O. The van der Waals surface area contributed by atoms with Gasteiger partial charge >= 0.3 is 0 Å². The largest absolute Gasteiger partial charge is 0.453 e. The summed E-state index contributed by atoms with van der Waals surface area (Å²) in [7, 11) is 0. The molecule has 0 fully saturated rings. The molecule has 4 heteroatoms. The summed E-state index contributed by atoms with van der Waals surface area (Å²) >= 11 is 0. The topological polar surface area (TPSA) is 66.8 Å². The molecule has 2 N–H and O–H groups in total. The van der Waals surface area contributed by atoms with E-state index in [1.807, 2.05) is 26.8 Å². The molecule has 23 heavy (non-hydrogen) atoms. The zero-order valence-corrected chi connectivity index (χ0v) is 13.3. The number of benzene rings is 2. The first-order chi connectivity index (χ1) is 10.7. The van der Waals surface area contributed by atoms with Gasteiger partial charge in [0.15, 0.2) is 0 Å². The first-order valence-electron chi connectivity index (χ1n) is 7.63. The van der Waals surface area contributed by atoms with Crippen molar-refractivity contribution in [2.24, 2.45) is 0 Å². The highest BCUT2D eigenvalue weighted by atomic mass is 16.7. The van der Waals surface area contributed by atoms with Gasteiger partial charge in [-0.2, -0.15) is 0 Å². The molecule has 0 amide bonds. The number of ether oxygens (including phenoxy) is 1. The van der Waals surface area contributed by atoms with Gasteiger partial charge in [0.2, 0.25) is 11.4 Å². The van der Waals surface area contributed by atoms with E-state index in [2.05, 4.69) is 0 Å². The van der Waals surface area contributed by atoms with E-state index in [-0.39, 0.29) is 5.41 Å². The molecule has 0 spiro atoms. The number of aliphatic hydroxyl groups is 2. The van der Waals surface area contributed by atoms with E-state index in [4.69, 9.17) is 4.74 Å². The van der Waals surface area contributed by atoms with Crippen LogP contribution in [0.2, 0.25) is 0 Å². The van der Waals surface area contributed by atoms with Gasteiger partial charge in [-0.15, -0.1) is 0 Å². The Labute approximate surface area is 134 Å². The Morgan fingerprint density at radius 3 is 2.30 bits per heavy atom. The molecule has 4 rings (SSSR count). The van der Waals surface area contributed by atoms with Gasteiger partial charge in [0, 0.05) is 22.3 Å². The monoisotopic (exact) mass is 310 g/mol. The Bertz CT molecular complexity index is 849. The summed E-state index contributed by atoms with van der Waals surface area (Å²) in [6.07, 6.45) is 0. The summed E-state index contributed by atoms with van der Waals surface area (Å²) in [6, 6.07) is 12.0. The van der Waals surface area contributed by atoms with Crippen LogP contribution in [0.25, 0.3) is 0 Å². The number of para-hydroxylation sites is 1. The number of carbonyl (C=O) groups excluding carboxylic acids is 1. The molecule has 0 saturated heterocycles. The van der Waals surface area contributed by atoms with Crippen LogP contribution in [0.4, 0.5) is 0 Å². The molecule has 118 valence electrons. The zero-order valence-electron chi connectivity index (χ0n) is 13.3. The number of hydrogen-bond acceptors (Lipinski definition) is 4. The lowest BCUT2D eigenvalue weighted by molar-refractivity contribution is -0.224. The lowest BCUT2D eigenvalue weighted by Crippen LogP contribution is -2.48. The van der Waals surface area contributed by atoms with Crippen molar-refractivity contribution in [2.45, 2.75) is 37.6 Å². The Morgan fingerprint density at radius 1 is 0.957 bits per heavy atom. The standard InChI is InChI=1S/C19H18O4/c1-17(2,3)13-9-6-10-14-15(13)23-19(22)12-8-5-4-7-11(12)16(20)18(14,19)21/h4-10,21-22H,1-3H3. The maximum atomic E-state index is 12.8. The van der Waals surface area contributed by atoms with E-state index in [1.165, 1.54) is 0 Å². The van der Waals surface area contributed by atoms with Crippen molar-refractivity contribution in [3.05, 3.63) is 64.7 Å². The van der Waals surface area contributed by atoms with E-state index >= 15 is 0 Å². The number of rotatable bonds is 0. The third kappa shape index (κ3) is 1.50. The molecule has 2 unspecified atom stereocenters. The maximum Gasteiger partial charge on any atom is 0.276 e. The van der Waals surface area contributed by atoms with E-state index in [0.29, 0.717) is 22.4 Å². The molecule has 1 aliphatic heterocycles. The van der Waals surface area contributed by atoms with Gasteiger partial charge in [0.1, 0.15) is 5.75 Å². The molecule has 2 aromatic rings. The number of hydrogen-bond donors (Lipinski definition) is 2. The van der Waals surface area contributed by atoms with Crippen LogP contribution in [0.5, 0.6) is 5.75 Å². The minimum atomic E-state index is -2.10. The van der Waals surface area contributed by atoms with Gasteiger partial charge in [-0.3, -0.25) is 4.79 Å². The molecule has 2 aromatic carbocycles. The molecule has 0 aromatic heterocycles. The van der Waals surface area contributed by atoms with Crippen molar-refractivity contribution >= 4 is 5.78 Å². The Hall–Kier alpha value is -2.17. The number of carbonyl (C=O) groups is 1. The third-order valence-electron chi connectivity index (χ3n) is 4.82. The Morgan fingerprint density at radius 2 is 1.61 bits per heavy atom. The summed E-state index contributed by atoms with van der Waals surface area (Å²) in [6.45, 7) is 6.05. The highest BCUT2D eigenvalue weighted by molar-refractivity contribution is 6.09. The van der Waals surface area contributed by atoms with Crippen molar-refractivity contribution in [1.82, 2.24) is 0 Å². The fraction of sp³-hybridized carbons (Fsp3) is 0.316. The zero-order chi connectivity index (χ0) is 16.6.